The number of carbonyl (C=O) groups excluding carboxylic acids is 2. The zero-order valence-electron chi connectivity index (χ0n) is 26.3. The summed E-state index contributed by atoms with van der Waals surface area (Å²) in [6.45, 7) is 1.98. The number of anilines is 4. The van der Waals surface area contributed by atoms with Gasteiger partial charge in [0, 0.05) is 44.1 Å². The molecular formula is C32H33F4N7O5. The quantitative estimate of drug-likeness (QED) is 0.163. The van der Waals surface area contributed by atoms with E-state index in [4.69, 9.17) is 14.2 Å². The number of H-pyrrole nitrogens is 1. The van der Waals surface area contributed by atoms with Gasteiger partial charge in [0.1, 0.15) is 12.9 Å². The molecule has 0 unspecified atom stereocenters. The van der Waals surface area contributed by atoms with Crippen molar-refractivity contribution in [1.29, 1.82) is 0 Å². The van der Waals surface area contributed by atoms with Crippen LogP contribution in [0.4, 0.5) is 40.3 Å². The first-order valence-electron chi connectivity index (χ1n) is 14.7. The standard InChI is InChI=1S/C32H33F4N7O5/c1-41(16-29(45)39-22-5-4-6-23(15-22)43-7-9-47-10-8-43)26-14-21(32(34,35)36)13-24(30(26)42(2)19-44)20-11-25(33)31(27(12-20)46-3)48-17-28-37-18-38-40-28/h4-6,11-15,18-19H,7-10,16-17H2,1-3H3,(H,39,45)(H,37,38,40). The van der Waals surface area contributed by atoms with Gasteiger partial charge >= 0.3 is 6.18 Å². The summed E-state index contributed by atoms with van der Waals surface area (Å²) in [5.74, 6) is -1.57. The number of rotatable bonds is 12. The van der Waals surface area contributed by atoms with Gasteiger partial charge in [-0.05, 0) is 48.0 Å². The van der Waals surface area contributed by atoms with Crippen molar-refractivity contribution in [3.63, 3.8) is 0 Å². The molecule has 0 saturated carbocycles. The molecule has 0 spiro atoms. The van der Waals surface area contributed by atoms with Gasteiger partial charge in [-0.3, -0.25) is 9.59 Å². The number of nitrogens with one attached hydrogen (secondary N) is 2. The molecule has 0 radical (unpaired) electrons. The Hall–Kier alpha value is -5.38. The van der Waals surface area contributed by atoms with Gasteiger partial charge < -0.3 is 39.2 Å². The SMILES string of the molecule is COc1cc(-c2cc(C(F)(F)F)cc(N(C)CC(=O)Nc3cccc(N4CCOCC4)c3)c2N(C)C=O)cc(F)c1OCc1nnc[nH]1. The minimum Gasteiger partial charge on any atom is -0.493 e. The first kappa shape index (κ1) is 34.0. The van der Waals surface area contributed by atoms with Gasteiger partial charge in [0.05, 0.1) is 43.8 Å². The Morgan fingerprint density at radius 2 is 1.92 bits per heavy atom. The number of aromatic nitrogens is 3. The summed E-state index contributed by atoms with van der Waals surface area (Å²) in [6.07, 6.45) is -3.10. The number of carbonyl (C=O) groups is 2. The number of halogens is 4. The summed E-state index contributed by atoms with van der Waals surface area (Å²) in [5, 5.41) is 10.2. The number of likely N-dealkylation sites (N-methyl/N-ethyl adjacent to an activating group) is 1. The predicted molar refractivity (Wildman–Crippen MR) is 170 cm³/mol. The number of morpholine rings is 1. The van der Waals surface area contributed by atoms with E-state index in [2.05, 4.69) is 25.4 Å². The molecule has 2 amide bonds. The highest BCUT2D eigenvalue weighted by atomic mass is 19.4. The Morgan fingerprint density at radius 3 is 2.58 bits per heavy atom. The molecule has 2 N–H and O–H groups in total. The van der Waals surface area contributed by atoms with E-state index in [1.54, 1.807) is 18.2 Å². The Labute approximate surface area is 273 Å². The van der Waals surface area contributed by atoms with Gasteiger partial charge in [-0.1, -0.05) is 6.07 Å². The van der Waals surface area contributed by atoms with Crippen LogP contribution in [0, 0.1) is 5.82 Å². The van der Waals surface area contributed by atoms with Gasteiger partial charge in [0.15, 0.2) is 23.1 Å². The Balaban J connectivity index is 1.49. The van der Waals surface area contributed by atoms with Crippen LogP contribution in [0.2, 0.25) is 0 Å². The Morgan fingerprint density at radius 1 is 1.15 bits per heavy atom. The van der Waals surface area contributed by atoms with Crippen LogP contribution in [-0.2, 0) is 27.1 Å². The highest BCUT2D eigenvalue weighted by Gasteiger charge is 2.34. The topological polar surface area (TPSA) is 125 Å². The van der Waals surface area contributed by atoms with Crippen molar-refractivity contribution in [2.24, 2.45) is 0 Å². The van der Waals surface area contributed by atoms with Crippen LogP contribution < -0.4 is 29.5 Å². The molecule has 1 fully saturated rings. The maximum Gasteiger partial charge on any atom is 0.416 e. The first-order valence-corrected chi connectivity index (χ1v) is 14.7. The molecule has 3 aromatic carbocycles. The van der Waals surface area contributed by atoms with Crippen LogP contribution in [0.3, 0.4) is 0 Å². The van der Waals surface area contributed by atoms with E-state index in [0.717, 1.165) is 28.8 Å². The third-order valence-corrected chi connectivity index (χ3v) is 7.59. The number of benzene rings is 3. The molecule has 12 nitrogen and oxygen atoms in total. The summed E-state index contributed by atoms with van der Waals surface area (Å²) >= 11 is 0. The number of ether oxygens (including phenoxy) is 3. The second kappa shape index (κ2) is 14.6. The van der Waals surface area contributed by atoms with Crippen LogP contribution in [0.25, 0.3) is 11.1 Å². The molecule has 1 saturated heterocycles. The van der Waals surface area contributed by atoms with Gasteiger partial charge in [-0.25, -0.2) is 4.39 Å². The summed E-state index contributed by atoms with van der Waals surface area (Å²) in [6, 6.07) is 11.1. The monoisotopic (exact) mass is 671 g/mol. The predicted octanol–water partition coefficient (Wildman–Crippen LogP) is 4.72. The van der Waals surface area contributed by atoms with E-state index in [-0.39, 0.29) is 47.2 Å². The maximum absolute atomic E-state index is 15.5. The number of hydrogen-bond donors (Lipinski definition) is 2. The molecule has 1 aromatic heterocycles. The number of hydrogen-bond acceptors (Lipinski definition) is 9. The molecule has 1 aliphatic heterocycles. The van der Waals surface area contributed by atoms with Crippen molar-refractivity contribution < 1.29 is 41.4 Å². The lowest BCUT2D eigenvalue weighted by atomic mass is 9.97. The van der Waals surface area contributed by atoms with Crippen molar-refractivity contribution >= 4 is 35.1 Å². The normalized spacial score (nSPS) is 13.2. The van der Waals surface area contributed by atoms with Gasteiger partial charge in [-0.2, -0.15) is 13.2 Å². The van der Waals surface area contributed by atoms with Gasteiger partial charge in [0.25, 0.3) is 0 Å². The van der Waals surface area contributed by atoms with E-state index in [1.807, 2.05) is 6.07 Å². The average molecular weight is 672 g/mol. The molecule has 0 atom stereocenters. The highest BCUT2D eigenvalue weighted by Crippen LogP contribution is 2.46. The van der Waals surface area contributed by atoms with Crippen LogP contribution in [0.15, 0.2) is 54.9 Å². The minimum atomic E-state index is -4.83. The molecule has 254 valence electrons. The second-order valence-electron chi connectivity index (χ2n) is 10.9. The molecule has 0 aliphatic carbocycles. The fourth-order valence-electron chi connectivity index (χ4n) is 5.28. The lowest BCUT2D eigenvalue weighted by Gasteiger charge is -2.29. The summed E-state index contributed by atoms with van der Waals surface area (Å²) in [7, 11) is 4.02. The number of aromatic amines is 1. The summed E-state index contributed by atoms with van der Waals surface area (Å²) < 4.78 is 74.6. The molecular weight excluding hydrogens is 638 g/mol. The van der Waals surface area contributed by atoms with Crippen LogP contribution in [-0.4, -0.2) is 81.6 Å². The van der Waals surface area contributed by atoms with Crippen LogP contribution in [0.5, 0.6) is 11.5 Å². The van der Waals surface area contributed by atoms with Crippen molar-refractivity contribution in [3.8, 4) is 22.6 Å². The zero-order chi connectivity index (χ0) is 34.4. The Bertz CT molecular complexity index is 1750. The number of methoxy groups -OCH3 is 1. The molecule has 5 rings (SSSR count). The van der Waals surface area contributed by atoms with E-state index in [1.165, 1.54) is 38.5 Å². The van der Waals surface area contributed by atoms with E-state index < -0.39 is 23.5 Å². The van der Waals surface area contributed by atoms with Crippen molar-refractivity contribution in [2.75, 3.05) is 74.1 Å². The average Bonchev–Trinajstić information content (AvgIpc) is 3.60. The van der Waals surface area contributed by atoms with Crippen LogP contribution in [0.1, 0.15) is 11.4 Å². The Kier molecular flexibility index (Phi) is 10.3. The first-order chi connectivity index (χ1) is 23.0. The second-order valence-corrected chi connectivity index (χ2v) is 10.9. The third kappa shape index (κ3) is 7.76. The van der Waals surface area contributed by atoms with Gasteiger partial charge in [0.2, 0.25) is 12.3 Å². The maximum atomic E-state index is 15.5. The van der Waals surface area contributed by atoms with Crippen LogP contribution >= 0.6 is 0 Å². The molecule has 4 aromatic rings. The van der Waals surface area contributed by atoms with E-state index in [9.17, 15) is 22.8 Å². The fourth-order valence-corrected chi connectivity index (χ4v) is 5.28. The molecule has 48 heavy (non-hydrogen) atoms. The highest BCUT2D eigenvalue weighted by molar-refractivity contribution is 5.99. The zero-order valence-corrected chi connectivity index (χ0v) is 26.3. The van der Waals surface area contributed by atoms with Crippen molar-refractivity contribution in [2.45, 2.75) is 12.8 Å². The molecule has 2 heterocycles. The fraction of sp³-hybridized carbons (Fsp3) is 0.312. The van der Waals surface area contributed by atoms with E-state index in [0.29, 0.717) is 44.2 Å². The largest absolute Gasteiger partial charge is 0.493 e. The van der Waals surface area contributed by atoms with Crippen molar-refractivity contribution in [3.05, 3.63) is 72.1 Å². The minimum absolute atomic E-state index is 0.000559. The molecule has 16 heteroatoms. The lowest BCUT2D eigenvalue weighted by molar-refractivity contribution is -0.137. The summed E-state index contributed by atoms with van der Waals surface area (Å²) in [4.78, 5) is 32.5. The van der Waals surface area contributed by atoms with Gasteiger partial charge in [-0.15, -0.1) is 10.2 Å². The number of alkyl halides is 3. The molecule has 1 aliphatic rings. The van der Waals surface area contributed by atoms with E-state index >= 15 is 4.39 Å². The summed E-state index contributed by atoms with van der Waals surface area (Å²) in [5.41, 5.74) is 0.0330. The number of amides is 2. The lowest BCUT2D eigenvalue weighted by Crippen LogP contribution is -2.36. The molecule has 0 bridgehead atoms. The third-order valence-electron chi connectivity index (χ3n) is 7.59. The number of nitrogens with zero attached hydrogens (tertiary/aromatic N) is 5. The van der Waals surface area contributed by atoms with Crippen molar-refractivity contribution in [1.82, 2.24) is 15.2 Å². The smallest absolute Gasteiger partial charge is 0.416 e.